The van der Waals surface area contributed by atoms with Gasteiger partial charge in [-0.1, -0.05) is 149 Å². The molecule has 0 saturated carbocycles. The first-order chi connectivity index (χ1) is 13.8. The minimum absolute atomic E-state index is 0.722. The summed E-state index contributed by atoms with van der Waals surface area (Å²) in [6.45, 7) is 4.57. The Kier molecular flexibility index (Phi) is 24.0. The number of hydrogen-bond donors (Lipinski definition) is 0. The predicted molar refractivity (Wildman–Crippen MR) is 127 cm³/mol. The Hall–Kier alpha value is -0.550. The normalized spacial score (nSPS) is 12.1. The van der Waals surface area contributed by atoms with Gasteiger partial charge in [0.1, 0.15) is 5.94 Å². The third-order valence-corrected chi connectivity index (χ3v) is 6.22. The lowest BCUT2D eigenvalue weighted by Crippen LogP contribution is -2.00. The summed E-state index contributed by atoms with van der Waals surface area (Å²) in [5.41, 5.74) is 0. The van der Waals surface area contributed by atoms with E-state index in [1.165, 1.54) is 135 Å². The van der Waals surface area contributed by atoms with E-state index in [1.54, 1.807) is 6.08 Å². The Labute approximate surface area is 178 Å². The Bertz CT molecular complexity index is 329. The molecule has 1 atom stereocenters. The van der Waals surface area contributed by atoms with E-state index < -0.39 is 0 Å². The van der Waals surface area contributed by atoms with Crippen LogP contribution in [0.25, 0.3) is 0 Å². The molecule has 1 unspecified atom stereocenters. The van der Waals surface area contributed by atoms with Gasteiger partial charge in [-0.2, -0.15) is 0 Å². The number of rotatable bonds is 23. The van der Waals surface area contributed by atoms with Crippen LogP contribution in [-0.2, 0) is 4.79 Å². The van der Waals surface area contributed by atoms with Gasteiger partial charge in [-0.15, -0.1) is 0 Å². The van der Waals surface area contributed by atoms with Crippen molar-refractivity contribution >= 4 is 5.94 Å². The molecule has 1 heteroatoms. The van der Waals surface area contributed by atoms with Gasteiger partial charge in [0.25, 0.3) is 0 Å². The maximum absolute atomic E-state index is 10.6. The first-order valence-electron chi connectivity index (χ1n) is 13.0. The van der Waals surface area contributed by atoms with E-state index >= 15 is 0 Å². The number of carbonyl (C=O) groups excluding carboxylic acids is 1. The largest absolute Gasteiger partial charge is 0.234 e. The molecule has 0 rings (SSSR count). The smallest absolute Gasteiger partial charge is 0.120 e. The molecule has 0 spiro atoms. The van der Waals surface area contributed by atoms with Crippen LogP contribution in [0, 0.1) is 5.92 Å². The molecule has 166 valence electrons. The molecule has 0 fully saturated rings. The molecule has 0 aromatic carbocycles. The predicted octanol–water partition coefficient (Wildman–Crippen LogP) is 9.61. The van der Waals surface area contributed by atoms with E-state index in [4.69, 9.17) is 0 Å². The fourth-order valence-corrected chi connectivity index (χ4v) is 4.26. The summed E-state index contributed by atoms with van der Waals surface area (Å²) in [6, 6.07) is 0. The average Bonchev–Trinajstić information content (AvgIpc) is 2.71. The van der Waals surface area contributed by atoms with Crippen molar-refractivity contribution in [2.75, 3.05) is 0 Å². The molecule has 0 N–H and O–H groups in total. The molecule has 0 aliphatic carbocycles. The van der Waals surface area contributed by atoms with E-state index in [-0.39, 0.29) is 0 Å². The summed E-state index contributed by atoms with van der Waals surface area (Å²) >= 11 is 0. The van der Waals surface area contributed by atoms with Gasteiger partial charge in [0.15, 0.2) is 0 Å². The molecule has 0 aliphatic heterocycles. The topological polar surface area (TPSA) is 17.1 Å². The third-order valence-electron chi connectivity index (χ3n) is 6.22. The van der Waals surface area contributed by atoms with Crippen LogP contribution in [0.3, 0.4) is 0 Å². The van der Waals surface area contributed by atoms with Crippen molar-refractivity contribution < 1.29 is 4.79 Å². The van der Waals surface area contributed by atoms with E-state index in [2.05, 4.69) is 13.8 Å². The van der Waals surface area contributed by atoms with Crippen LogP contribution < -0.4 is 0 Å². The minimum Gasteiger partial charge on any atom is -0.234 e. The van der Waals surface area contributed by atoms with E-state index in [0.29, 0.717) is 0 Å². The van der Waals surface area contributed by atoms with Crippen molar-refractivity contribution in [3.63, 3.8) is 0 Å². The van der Waals surface area contributed by atoms with E-state index in [0.717, 1.165) is 12.3 Å². The van der Waals surface area contributed by atoms with Gasteiger partial charge in [-0.05, 0) is 12.3 Å². The molecule has 0 aromatic rings. The molecule has 0 aromatic heterocycles. The minimum atomic E-state index is 0.722. The zero-order valence-corrected chi connectivity index (χ0v) is 19.6. The third kappa shape index (κ3) is 21.7. The van der Waals surface area contributed by atoms with Gasteiger partial charge in [0.2, 0.25) is 0 Å². The highest BCUT2D eigenvalue weighted by atomic mass is 16.1. The van der Waals surface area contributed by atoms with Crippen LogP contribution in [-0.4, -0.2) is 5.94 Å². The molecule has 0 bridgehead atoms. The summed E-state index contributed by atoms with van der Waals surface area (Å²) in [7, 11) is 0. The highest BCUT2D eigenvalue weighted by molar-refractivity contribution is 5.44. The standard InChI is InChI=1S/C27H52O/c1-3-5-7-9-11-13-14-15-17-19-21-24-27(25-22-26-28)23-20-18-16-12-10-8-6-4-2/h22,27H,3-21,23-25H2,1-2H3. The summed E-state index contributed by atoms with van der Waals surface area (Å²) in [4.78, 5) is 10.6. The van der Waals surface area contributed by atoms with Crippen LogP contribution in [0.1, 0.15) is 155 Å². The quantitative estimate of drug-likeness (QED) is 0.125. The monoisotopic (exact) mass is 392 g/mol. The number of hydrogen-bond acceptors (Lipinski definition) is 1. The lowest BCUT2D eigenvalue weighted by molar-refractivity contribution is 0.405. The van der Waals surface area contributed by atoms with Crippen molar-refractivity contribution in [1.82, 2.24) is 0 Å². The Morgan fingerprint density at radius 3 is 1.18 bits per heavy atom. The van der Waals surface area contributed by atoms with Gasteiger partial charge in [-0.3, -0.25) is 0 Å². The number of allylic oxidation sites excluding steroid dienone is 1. The van der Waals surface area contributed by atoms with Crippen LogP contribution in [0.5, 0.6) is 0 Å². The lowest BCUT2D eigenvalue weighted by Gasteiger charge is -2.14. The maximum Gasteiger partial charge on any atom is 0.120 e. The zero-order chi connectivity index (χ0) is 20.5. The zero-order valence-electron chi connectivity index (χ0n) is 19.6. The molecule has 0 saturated heterocycles. The van der Waals surface area contributed by atoms with Crippen molar-refractivity contribution in [1.29, 1.82) is 0 Å². The Balaban J connectivity index is 3.55. The summed E-state index contributed by atoms with van der Waals surface area (Å²) < 4.78 is 0. The van der Waals surface area contributed by atoms with Crippen LogP contribution in [0.15, 0.2) is 6.08 Å². The summed E-state index contributed by atoms with van der Waals surface area (Å²) in [6.07, 6.45) is 32.0. The fraction of sp³-hybridized carbons (Fsp3) is 0.926. The van der Waals surface area contributed by atoms with Crippen molar-refractivity contribution in [3.05, 3.63) is 6.08 Å². The van der Waals surface area contributed by atoms with Crippen molar-refractivity contribution in [2.45, 2.75) is 155 Å². The van der Waals surface area contributed by atoms with Crippen molar-refractivity contribution in [2.24, 2.45) is 5.92 Å². The molecule has 1 nitrogen and oxygen atoms in total. The van der Waals surface area contributed by atoms with Crippen LogP contribution >= 0.6 is 0 Å². The molecule has 0 amide bonds. The van der Waals surface area contributed by atoms with Crippen LogP contribution in [0.4, 0.5) is 0 Å². The second kappa shape index (κ2) is 24.5. The molecular formula is C27H52O. The van der Waals surface area contributed by atoms with Gasteiger partial charge >= 0.3 is 0 Å². The second-order valence-corrected chi connectivity index (χ2v) is 9.01. The van der Waals surface area contributed by atoms with Crippen LogP contribution in [0.2, 0.25) is 0 Å². The van der Waals surface area contributed by atoms with Gasteiger partial charge in [0.05, 0.1) is 0 Å². The van der Waals surface area contributed by atoms with E-state index in [1.807, 2.05) is 5.94 Å². The summed E-state index contributed by atoms with van der Waals surface area (Å²) in [5, 5.41) is 0. The average molecular weight is 393 g/mol. The lowest BCUT2D eigenvalue weighted by atomic mass is 9.91. The Morgan fingerprint density at radius 2 is 0.857 bits per heavy atom. The molecule has 0 radical (unpaired) electrons. The molecule has 0 aliphatic rings. The second-order valence-electron chi connectivity index (χ2n) is 9.01. The highest BCUT2D eigenvalue weighted by Gasteiger charge is 2.07. The molecular weight excluding hydrogens is 340 g/mol. The van der Waals surface area contributed by atoms with Crippen molar-refractivity contribution in [3.8, 4) is 0 Å². The first kappa shape index (κ1) is 27.5. The number of unbranched alkanes of at least 4 members (excludes halogenated alkanes) is 17. The Morgan fingerprint density at radius 1 is 0.536 bits per heavy atom. The summed E-state index contributed by atoms with van der Waals surface area (Å²) in [5.74, 6) is 2.72. The fourth-order valence-electron chi connectivity index (χ4n) is 4.26. The maximum atomic E-state index is 10.6. The first-order valence-corrected chi connectivity index (χ1v) is 13.0. The molecule has 28 heavy (non-hydrogen) atoms. The van der Waals surface area contributed by atoms with E-state index in [9.17, 15) is 4.79 Å². The SMILES string of the molecule is CCCCCCCCCCCCCC(CC=C=O)CCCCCCCCCC. The molecule has 0 heterocycles. The van der Waals surface area contributed by atoms with Gasteiger partial charge in [0, 0.05) is 6.08 Å². The highest BCUT2D eigenvalue weighted by Crippen LogP contribution is 2.22. The van der Waals surface area contributed by atoms with Gasteiger partial charge < -0.3 is 0 Å². The van der Waals surface area contributed by atoms with Gasteiger partial charge in [-0.25, -0.2) is 4.79 Å².